The molecule has 16 N–H and O–H groups in total. The summed E-state index contributed by atoms with van der Waals surface area (Å²) in [7, 11) is 0. The van der Waals surface area contributed by atoms with E-state index < -0.39 is 120 Å². The van der Waals surface area contributed by atoms with Crippen molar-refractivity contribution in [2.75, 3.05) is 19.7 Å². The third-order valence-electron chi connectivity index (χ3n) is 12.5. The largest absolute Gasteiger partial charge is 0.508 e. The Morgan fingerprint density at radius 1 is 0.711 bits per heavy atom. The van der Waals surface area contributed by atoms with Crippen molar-refractivity contribution in [2.24, 2.45) is 34.0 Å². The second kappa shape index (κ2) is 29.7. The standard InChI is InChI=1S/C51H74N14O11/c1-28(2)42(63-44(70)36(13-9-19-56-51(53)54)60-45(71)38(24-41(52)69)58-30(5)67)48(74)61-37(22-32-15-17-35(68)18-16-32)46(72)64-43(29(3)4)49(75)62-39(23-33-25-55-27-57-33)50(76)65-20-10-14-40(65)47(73)59-34(26-66)21-31-11-7-6-8-12-31/h6-8,11-12,15-18,25,27-29,34,36-40,42-43,66,68H,9-10,13-14,19-24,26H2,1-5H3,(H2,52,69)(H,55,57)(H,58,67)(H,59,73)(H,60,71)(H,61,74)(H,62,75)(H,63,70)(H,64,72)(H4,53,54,56)/t34-,36-,37-,38-,39-,40-,42-,43-/m0/s1. The molecule has 4 rings (SSSR count). The Bertz CT molecular complexity index is 2450. The van der Waals surface area contributed by atoms with Crippen LogP contribution in [0.4, 0.5) is 0 Å². The van der Waals surface area contributed by atoms with Crippen LogP contribution in [0.3, 0.4) is 0 Å². The number of aromatic hydroxyl groups is 1. The molecule has 1 saturated heterocycles. The molecule has 0 aliphatic carbocycles. The Balaban J connectivity index is 1.57. The fraction of sp³-hybridized carbons (Fsp3) is 0.510. The summed E-state index contributed by atoms with van der Waals surface area (Å²) < 4.78 is 0. The Labute approximate surface area is 441 Å². The maximum Gasteiger partial charge on any atom is 0.246 e. The number of carbonyl (C=O) groups excluding carboxylic acids is 9. The average Bonchev–Trinajstić information content (AvgIpc) is 4.08. The number of guanidine groups is 1. The molecule has 9 amide bonds. The Kier molecular flexibility index (Phi) is 23.6. The first kappa shape index (κ1) is 60.5. The van der Waals surface area contributed by atoms with Crippen molar-refractivity contribution in [2.45, 2.75) is 134 Å². The summed E-state index contributed by atoms with van der Waals surface area (Å²) in [6, 6.07) is 5.52. The Morgan fingerprint density at radius 3 is 1.84 bits per heavy atom. The number of hydrogen-bond donors (Lipinski definition) is 13. The number of aromatic nitrogens is 2. The molecule has 2 heterocycles. The number of rotatable bonds is 29. The van der Waals surface area contributed by atoms with Gasteiger partial charge in [0.1, 0.15) is 48.0 Å². The van der Waals surface area contributed by atoms with Crippen LogP contribution in [0, 0.1) is 11.8 Å². The summed E-state index contributed by atoms with van der Waals surface area (Å²) in [4.78, 5) is 135. The van der Waals surface area contributed by atoms with Crippen LogP contribution in [-0.2, 0) is 62.4 Å². The third-order valence-corrected chi connectivity index (χ3v) is 12.5. The fourth-order valence-corrected chi connectivity index (χ4v) is 8.55. The van der Waals surface area contributed by atoms with Crippen molar-refractivity contribution < 1.29 is 53.4 Å². The lowest BCUT2D eigenvalue weighted by Crippen LogP contribution is -2.62. The number of aliphatic imine (C=N–C) groups is 1. The molecule has 2 aromatic carbocycles. The molecule has 1 aliphatic heterocycles. The van der Waals surface area contributed by atoms with Gasteiger partial charge in [-0.1, -0.05) is 70.2 Å². The van der Waals surface area contributed by atoms with E-state index >= 15 is 0 Å². The first-order valence-electron chi connectivity index (χ1n) is 25.2. The van der Waals surface area contributed by atoms with Gasteiger partial charge in [-0.2, -0.15) is 0 Å². The van der Waals surface area contributed by atoms with Crippen LogP contribution in [0.2, 0.25) is 0 Å². The Hall–Kier alpha value is -8.09. The van der Waals surface area contributed by atoms with Gasteiger partial charge >= 0.3 is 0 Å². The van der Waals surface area contributed by atoms with Gasteiger partial charge in [0.25, 0.3) is 0 Å². The van der Waals surface area contributed by atoms with Crippen molar-refractivity contribution in [3.05, 3.63) is 83.9 Å². The minimum atomic E-state index is -1.43. The number of phenols is 1. The molecule has 3 aromatic rings. The smallest absolute Gasteiger partial charge is 0.246 e. The van der Waals surface area contributed by atoms with E-state index in [4.69, 9.17) is 17.2 Å². The normalized spacial score (nSPS) is 15.9. The van der Waals surface area contributed by atoms with E-state index in [1.54, 1.807) is 27.7 Å². The maximum absolute atomic E-state index is 14.5. The molecule has 8 atom stereocenters. The molecule has 0 bridgehead atoms. The molecular weight excluding hydrogens is 985 g/mol. The predicted molar refractivity (Wildman–Crippen MR) is 279 cm³/mol. The molecular formula is C51H74N14O11. The molecule has 25 nitrogen and oxygen atoms in total. The zero-order valence-electron chi connectivity index (χ0n) is 43.5. The number of aliphatic hydroxyl groups excluding tert-OH is 1. The minimum Gasteiger partial charge on any atom is -0.508 e. The zero-order chi connectivity index (χ0) is 56.1. The van der Waals surface area contributed by atoms with Crippen LogP contribution in [0.5, 0.6) is 5.75 Å². The quantitative estimate of drug-likeness (QED) is 0.0199. The van der Waals surface area contributed by atoms with Crippen molar-refractivity contribution in [3.8, 4) is 5.75 Å². The van der Waals surface area contributed by atoms with Gasteiger partial charge < -0.3 is 74.5 Å². The molecule has 25 heteroatoms. The van der Waals surface area contributed by atoms with E-state index in [9.17, 15) is 53.4 Å². The lowest BCUT2D eigenvalue weighted by molar-refractivity contribution is -0.142. The number of amides is 9. The molecule has 0 spiro atoms. The molecule has 0 radical (unpaired) electrons. The van der Waals surface area contributed by atoms with E-state index in [1.165, 1.54) is 41.7 Å². The highest BCUT2D eigenvalue weighted by Gasteiger charge is 2.40. The number of aliphatic hydroxyl groups is 1. The van der Waals surface area contributed by atoms with Crippen LogP contribution >= 0.6 is 0 Å². The number of H-pyrrole nitrogens is 1. The van der Waals surface area contributed by atoms with Gasteiger partial charge in [0.15, 0.2) is 5.96 Å². The van der Waals surface area contributed by atoms with Gasteiger partial charge in [-0.15, -0.1) is 0 Å². The number of aromatic amines is 1. The minimum absolute atomic E-state index is 0.0527. The maximum atomic E-state index is 14.5. The number of hydrogen-bond acceptors (Lipinski definition) is 13. The summed E-state index contributed by atoms with van der Waals surface area (Å²) in [6.07, 6.45) is 3.36. The summed E-state index contributed by atoms with van der Waals surface area (Å²) in [5.74, 6) is -8.26. The SMILES string of the molecule is CC(=O)N[C@@H](CC(N)=O)C(=O)N[C@@H](CCCN=C(N)N)C(=O)N[C@H](C(=O)N[C@@H](Cc1ccc(O)cc1)C(=O)N[C@H](C(=O)N[C@@H](Cc1cnc[nH]1)C(=O)N1CCC[C@H]1C(=O)N[C@H](CO)Cc1ccccc1)C(C)C)C(C)C. The van der Waals surface area contributed by atoms with Gasteiger partial charge in [0.05, 0.1) is 25.4 Å². The average molecular weight is 1060 g/mol. The van der Waals surface area contributed by atoms with Gasteiger partial charge in [-0.05, 0) is 67.2 Å². The van der Waals surface area contributed by atoms with Crippen LogP contribution in [-0.4, -0.2) is 152 Å². The number of likely N-dealkylation sites (tertiary alicyclic amines) is 1. The fourth-order valence-electron chi connectivity index (χ4n) is 8.55. The molecule has 1 aromatic heterocycles. The third kappa shape index (κ3) is 19.3. The van der Waals surface area contributed by atoms with E-state index in [0.717, 1.165) is 12.5 Å². The second-order valence-corrected chi connectivity index (χ2v) is 19.4. The van der Waals surface area contributed by atoms with E-state index in [1.807, 2.05) is 30.3 Å². The molecule has 76 heavy (non-hydrogen) atoms. The van der Waals surface area contributed by atoms with Gasteiger partial charge in [-0.25, -0.2) is 4.98 Å². The van der Waals surface area contributed by atoms with Gasteiger partial charge in [0, 0.05) is 44.7 Å². The number of benzene rings is 2. The van der Waals surface area contributed by atoms with Gasteiger partial charge in [0.2, 0.25) is 53.2 Å². The molecule has 0 saturated carbocycles. The number of primary amides is 1. The first-order chi connectivity index (χ1) is 36.1. The molecule has 1 fully saturated rings. The molecule has 414 valence electrons. The monoisotopic (exact) mass is 1060 g/mol. The highest BCUT2D eigenvalue weighted by molar-refractivity contribution is 5.98. The van der Waals surface area contributed by atoms with Crippen LogP contribution in [0.15, 0.2) is 72.1 Å². The van der Waals surface area contributed by atoms with Gasteiger partial charge in [-0.3, -0.25) is 48.1 Å². The number of carbonyl (C=O) groups is 9. The van der Waals surface area contributed by atoms with E-state index in [0.29, 0.717) is 30.5 Å². The van der Waals surface area contributed by atoms with Crippen molar-refractivity contribution in [1.29, 1.82) is 0 Å². The molecule has 0 unspecified atom stereocenters. The summed E-state index contributed by atoms with van der Waals surface area (Å²) in [5.41, 5.74) is 18.1. The number of phenolic OH excluding ortho intramolecular Hbond substituents is 1. The van der Waals surface area contributed by atoms with E-state index in [-0.39, 0.29) is 57.1 Å². The number of nitrogens with two attached hydrogens (primary N) is 3. The second-order valence-electron chi connectivity index (χ2n) is 19.4. The van der Waals surface area contributed by atoms with Crippen molar-refractivity contribution in [1.82, 2.24) is 52.1 Å². The zero-order valence-corrected chi connectivity index (χ0v) is 43.5. The lowest BCUT2D eigenvalue weighted by Gasteiger charge is -2.31. The first-order valence-corrected chi connectivity index (χ1v) is 25.2. The number of nitrogens with zero attached hydrogens (tertiary/aromatic N) is 3. The van der Waals surface area contributed by atoms with Crippen LogP contribution < -0.4 is 54.4 Å². The van der Waals surface area contributed by atoms with Crippen molar-refractivity contribution >= 4 is 59.1 Å². The van der Waals surface area contributed by atoms with E-state index in [2.05, 4.69) is 52.2 Å². The van der Waals surface area contributed by atoms with Crippen molar-refractivity contribution in [3.63, 3.8) is 0 Å². The highest BCUT2D eigenvalue weighted by atomic mass is 16.3. The van der Waals surface area contributed by atoms with Crippen LogP contribution in [0.25, 0.3) is 0 Å². The summed E-state index contributed by atoms with van der Waals surface area (Å²) in [6.45, 7) is 7.63. The topological polar surface area (TPSA) is 401 Å². The van der Waals surface area contributed by atoms with Crippen LogP contribution in [0.1, 0.15) is 83.5 Å². The molecule has 1 aliphatic rings. The highest BCUT2D eigenvalue weighted by Crippen LogP contribution is 2.21. The predicted octanol–water partition coefficient (Wildman–Crippen LogP) is -2.22. The summed E-state index contributed by atoms with van der Waals surface area (Å²) >= 11 is 0. The number of imidazole rings is 1. The summed E-state index contributed by atoms with van der Waals surface area (Å²) in [5, 5.41) is 38.8. The lowest BCUT2D eigenvalue weighted by atomic mass is 9.98. The Morgan fingerprint density at radius 2 is 1.29 bits per heavy atom. The number of nitrogens with one attached hydrogen (secondary N) is 8.